The van der Waals surface area contributed by atoms with Gasteiger partial charge in [0.25, 0.3) is 0 Å². The van der Waals surface area contributed by atoms with Gasteiger partial charge in [-0.05, 0) is 35.4 Å². The second kappa shape index (κ2) is 5.60. The van der Waals surface area contributed by atoms with Gasteiger partial charge in [-0.1, -0.05) is 33.6 Å². The zero-order valence-corrected chi connectivity index (χ0v) is 11.2. The zero-order chi connectivity index (χ0) is 12.3. The molecule has 2 rings (SSSR count). The molecule has 3 nitrogen and oxygen atoms in total. The van der Waals surface area contributed by atoms with E-state index in [2.05, 4.69) is 26.3 Å². The van der Waals surface area contributed by atoms with Crippen LogP contribution in [0, 0.1) is 0 Å². The first-order valence-electron chi connectivity index (χ1n) is 5.03. The van der Waals surface area contributed by atoms with E-state index in [1.165, 1.54) is 0 Å². The van der Waals surface area contributed by atoms with Gasteiger partial charge in [-0.3, -0.25) is 10.8 Å². The van der Waals surface area contributed by atoms with Gasteiger partial charge in [0.1, 0.15) is 0 Å². The van der Waals surface area contributed by atoms with Gasteiger partial charge in [0.2, 0.25) is 0 Å². The number of rotatable bonds is 3. The van der Waals surface area contributed by atoms with Crippen LogP contribution in [0.1, 0.15) is 17.2 Å². The molecule has 1 aromatic carbocycles. The van der Waals surface area contributed by atoms with Crippen LogP contribution in [0.3, 0.4) is 0 Å². The molecule has 17 heavy (non-hydrogen) atoms. The van der Waals surface area contributed by atoms with Crippen molar-refractivity contribution in [1.29, 1.82) is 0 Å². The molecule has 0 aliphatic heterocycles. The average Bonchev–Trinajstić information content (AvgIpc) is 2.36. The molecule has 1 heterocycles. The molecule has 1 aromatic heterocycles. The summed E-state index contributed by atoms with van der Waals surface area (Å²) < 4.78 is 0.959. The summed E-state index contributed by atoms with van der Waals surface area (Å²) in [5, 5.41) is 0.667. The van der Waals surface area contributed by atoms with Crippen LogP contribution >= 0.6 is 27.5 Å². The second-order valence-electron chi connectivity index (χ2n) is 3.55. The Morgan fingerprint density at radius 3 is 2.82 bits per heavy atom. The maximum absolute atomic E-state index is 6.18. The van der Waals surface area contributed by atoms with E-state index in [0.29, 0.717) is 5.02 Å². The molecule has 1 unspecified atom stereocenters. The minimum atomic E-state index is -0.173. The van der Waals surface area contributed by atoms with Crippen molar-refractivity contribution in [3.05, 3.63) is 63.3 Å². The maximum Gasteiger partial charge on any atom is 0.0739 e. The topological polar surface area (TPSA) is 50.9 Å². The number of nitrogens with one attached hydrogen (secondary N) is 1. The molecule has 3 N–H and O–H groups in total. The number of hydrogen-bond acceptors (Lipinski definition) is 3. The first-order chi connectivity index (χ1) is 8.22. The number of aromatic nitrogens is 1. The predicted octanol–water partition coefficient (Wildman–Crippen LogP) is 3.05. The number of benzene rings is 1. The van der Waals surface area contributed by atoms with Crippen LogP contribution in [0.5, 0.6) is 0 Å². The van der Waals surface area contributed by atoms with Gasteiger partial charge in [0.05, 0.1) is 6.04 Å². The standard InChI is InChI=1S/C12H11BrClN3/c13-9-3-4-11(14)10(6-9)12(17-15)8-2-1-5-16-7-8/h1-7,12,17H,15H2. The van der Waals surface area contributed by atoms with Crippen molar-refractivity contribution in [3.63, 3.8) is 0 Å². The summed E-state index contributed by atoms with van der Waals surface area (Å²) in [6.07, 6.45) is 3.49. The highest BCUT2D eigenvalue weighted by molar-refractivity contribution is 9.10. The van der Waals surface area contributed by atoms with Crippen LogP contribution in [0.15, 0.2) is 47.2 Å². The van der Waals surface area contributed by atoms with Crippen LogP contribution in [-0.4, -0.2) is 4.98 Å². The monoisotopic (exact) mass is 311 g/mol. The average molecular weight is 313 g/mol. The first-order valence-corrected chi connectivity index (χ1v) is 6.20. The van der Waals surface area contributed by atoms with Crippen LogP contribution < -0.4 is 11.3 Å². The second-order valence-corrected chi connectivity index (χ2v) is 4.87. The van der Waals surface area contributed by atoms with Crippen molar-refractivity contribution < 1.29 is 0 Å². The van der Waals surface area contributed by atoms with Crippen molar-refractivity contribution in [2.75, 3.05) is 0 Å². The quantitative estimate of drug-likeness (QED) is 0.676. The number of hydrazine groups is 1. The fraction of sp³-hybridized carbons (Fsp3) is 0.0833. The van der Waals surface area contributed by atoms with E-state index in [9.17, 15) is 0 Å². The molecule has 0 saturated heterocycles. The number of halogens is 2. The highest BCUT2D eigenvalue weighted by Gasteiger charge is 2.15. The molecule has 88 valence electrons. The fourth-order valence-electron chi connectivity index (χ4n) is 1.65. The number of pyridine rings is 1. The lowest BCUT2D eigenvalue weighted by atomic mass is 10.0. The third kappa shape index (κ3) is 2.84. The molecule has 0 bridgehead atoms. The summed E-state index contributed by atoms with van der Waals surface area (Å²) in [5.41, 5.74) is 4.64. The van der Waals surface area contributed by atoms with Crippen molar-refractivity contribution in [1.82, 2.24) is 10.4 Å². The van der Waals surface area contributed by atoms with Gasteiger partial charge in [-0.25, -0.2) is 5.43 Å². The molecule has 0 spiro atoms. The highest BCUT2D eigenvalue weighted by Crippen LogP contribution is 2.29. The van der Waals surface area contributed by atoms with Gasteiger partial charge in [-0.15, -0.1) is 0 Å². The lowest BCUT2D eigenvalue weighted by Crippen LogP contribution is -2.29. The van der Waals surface area contributed by atoms with Crippen LogP contribution in [0.4, 0.5) is 0 Å². The van der Waals surface area contributed by atoms with Gasteiger partial charge in [-0.2, -0.15) is 0 Å². The Hall–Kier alpha value is -0.940. The SMILES string of the molecule is NNC(c1cccnc1)c1cc(Br)ccc1Cl. The van der Waals surface area contributed by atoms with Crippen molar-refractivity contribution >= 4 is 27.5 Å². The molecule has 0 aliphatic rings. The molecular weight excluding hydrogens is 302 g/mol. The Kier molecular flexibility index (Phi) is 4.12. The predicted molar refractivity (Wildman–Crippen MR) is 72.6 cm³/mol. The van der Waals surface area contributed by atoms with Gasteiger partial charge in [0, 0.05) is 21.9 Å². The Morgan fingerprint density at radius 2 is 2.18 bits per heavy atom. The third-order valence-electron chi connectivity index (χ3n) is 2.45. The molecule has 0 radical (unpaired) electrons. The Balaban J connectivity index is 2.46. The van der Waals surface area contributed by atoms with E-state index >= 15 is 0 Å². The van der Waals surface area contributed by atoms with Crippen LogP contribution in [-0.2, 0) is 0 Å². The van der Waals surface area contributed by atoms with Crippen molar-refractivity contribution in [2.45, 2.75) is 6.04 Å². The molecule has 2 aromatic rings. The van der Waals surface area contributed by atoms with E-state index in [1.807, 2.05) is 30.3 Å². The summed E-state index contributed by atoms with van der Waals surface area (Å²) in [6, 6.07) is 9.32. The fourth-order valence-corrected chi connectivity index (χ4v) is 2.25. The summed E-state index contributed by atoms with van der Waals surface area (Å²) in [4.78, 5) is 4.08. The van der Waals surface area contributed by atoms with E-state index < -0.39 is 0 Å². The Bertz CT molecular complexity index is 504. The molecule has 0 fully saturated rings. The normalized spacial score (nSPS) is 12.4. The molecule has 5 heteroatoms. The van der Waals surface area contributed by atoms with E-state index in [0.717, 1.165) is 15.6 Å². The molecule has 0 amide bonds. The van der Waals surface area contributed by atoms with Crippen molar-refractivity contribution in [2.24, 2.45) is 5.84 Å². The van der Waals surface area contributed by atoms with Crippen LogP contribution in [0.25, 0.3) is 0 Å². The number of hydrogen-bond donors (Lipinski definition) is 2. The zero-order valence-electron chi connectivity index (χ0n) is 8.90. The number of nitrogens with two attached hydrogens (primary N) is 1. The van der Waals surface area contributed by atoms with Gasteiger partial charge in [0.15, 0.2) is 0 Å². The maximum atomic E-state index is 6.18. The van der Waals surface area contributed by atoms with Gasteiger partial charge >= 0.3 is 0 Å². The van der Waals surface area contributed by atoms with E-state index in [-0.39, 0.29) is 6.04 Å². The summed E-state index contributed by atoms with van der Waals surface area (Å²) in [7, 11) is 0. The van der Waals surface area contributed by atoms with E-state index in [1.54, 1.807) is 12.4 Å². The number of nitrogens with zero attached hydrogens (tertiary/aromatic N) is 1. The first kappa shape index (κ1) is 12.5. The smallest absolute Gasteiger partial charge is 0.0739 e. The molecule has 0 aliphatic carbocycles. The van der Waals surface area contributed by atoms with Crippen molar-refractivity contribution in [3.8, 4) is 0 Å². The third-order valence-corrected chi connectivity index (χ3v) is 3.29. The molecular formula is C12H11BrClN3. The van der Waals surface area contributed by atoms with Gasteiger partial charge < -0.3 is 0 Å². The van der Waals surface area contributed by atoms with Crippen LogP contribution in [0.2, 0.25) is 5.02 Å². The molecule has 0 saturated carbocycles. The lowest BCUT2D eigenvalue weighted by Gasteiger charge is -2.18. The Labute approximate surface area is 113 Å². The Morgan fingerprint density at radius 1 is 1.35 bits per heavy atom. The minimum Gasteiger partial charge on any atom is -0.271 e. The summed E-state index contributed by atoms with van der Waals surface area (Å²) in [5.74, 6) is 5.60. The summed E-state index contributed by atoms with van der Waals surface area (Å²) >= 11 is 9.61. The minimum absolute atomic E-state index is 0.173. The molecule has 1 atom stereocenters. The summed E-state index contributed by atoms with van der Waals surface area (Å²) in [6.45, 7) is 0. The highest BCUT2D eigenvalue weighted by atomic mass is 79.9. The van der Waals surface area contributed by atoms with E-state index in [4.69, 9.17) is 17.4 Å². The largest absolute Gasteiger partial charge is 0.271 e. The lowest BCUT2D eigenvalue weighted by molar-refractivity contribution is 0.634.